The van der Waals surface area contributed by atoms with Crippen LogP contribution >= 0.6 is 0 Å². The minimum atomic E-state index is -4.43. The van der Waals surface area contributed by atoms with Crippen molar-refractivity contribution in [2.24, 2.45) is 14.1 Å². The lowest BCUT2D eigenvalue weighted by atomic mass is 10.2. The van der Waals surface area contributed by atoms with E-state index >= 15 is 0 Å². The number of alkyl halides is 3. The van der Waals surface area contributed by atoms with E-state index in [1.54, 1.807) is 82.4 Å². The molecule has 3 aromatic carbocycles. The molecule has 0 saturated heterocycles. The van der Waals surface area contributed by atoms with Gasteiger partial charge in [-0.25, -0.2) is 24.7 Å². The molecule has 17 heteroatoms. The molecule has 53 heavy (non-hydrogen) atoms. The van der Waals surface area contributed by atoms with Crippen molar-refractivity contribution in [3.8, 4) is 45.8 Å². The molecule has 0 bridgehead atoms. The Labute approximate surface area is 300 Å². The van der Waals surface area contributed by atoms with Gasteiger partial charge in [0.1, 0.15) is 24.2 Å². The number of aryl methyl sites for hydroxylation is 2. The van der Waals surface area contributed by atoms with Crippen LogP contribution in [-0.4, -0.2) is 45.5 Å². The number of hydrogen-bond acceptors (Lipinski definition) is 10. The Morgan fingerprint density at radius 2 is 1.09 bits per heavy atom. The number of hydrogen-bond donors (Lipinski definition) is 3. The van der Waals surface area contributed by atoms with Gasteiger partial charge in [0, 0.05) is 66.8 Å². The van der Waals surface area contributed by atoms with Gasteiger partial charge in [0.25, 0.3) is 0 Å². The summed E-state index contributed by atoms with van der Waals surface area (Å²) in [5, 5.41) is 13.3. The molecule has 0 aliphatic heterocycles. The molecule has 4 aromatic heterocycles. The van der Waals surface area contributed by atoms with Crippen LogP contribution in [0.25, 0.3) is 22.5 Å². The molecule has 0 radical (unpaired) electrons. The van der Waals surface area contributed by atoms with Crippen molar-refractivity contribution in [2.45, 2.75) is 6.18 Å². The predicted molar refractivity (Wildman–Crippen MR) is 190 cm³/mol. The van der Waals surface area contributed by atoms with E-state index in [2.05, 4.69) is 40.8 Å². The zero-order valence-electron chi connectivity index (χ0n) is 28.1. The standard InChI is InChI=1S/C22H17F3N6O2.C14H13N5O/c1-31-12-14(11-28-31)19-10-20(27-13-26-19)33-18-8-6-17(7-9-18)30-21(32)29-16-4-2-15(3-5-16)22(23,24)25;1-19-8-10(7-18-19)13-6-14(17-9-16-13)20-12-4-2-11(15)3-5-12/h2-13H,1H3,(H2,29,30,32);2-9H,15H2,1H3. The minimum Gasteiger partial charge on any atom is -0.439 e. The van der Waals surface area contributed by atoms with E-state index in [1.807, 2.05) is 26.5 Å². The van der Waals surface area contributed by atoms with Gasteiger partial charge in [-0.1, -0.05) is 0 Å². The van der Waals surface area contributed by atoms with Gasteiger partial charge in [0.15, 0.2) is 0 Å². The molecule has 0 fully saturated rings. The number of nitrogens with one attached hydrogen (secondary N) is 2. The smallest absolute Gasteiger partial charge is 0.416 e. The fraction of sp³-hybridized carbons (Fsp3) is 0.0833. The molecule has 4 heterocycles. The van der Waals surface area contributed by atoms with E-state index in [1.165, 1.54) is 24.8 Å². The molecule has 0 atom stereocenters. The number of anilines is 3. The second kappa shape index (κ2) is 15.7. The van der Waals surface area contributed by atoms with E-state index in [0.29, 0.717) is 40.3 Å². The highest BCUT2D eigenvalue weighted by Crippen LogP contribution is 2.30. The Bertz CT molecular complexity index is 2290. The zero-order chi connectivity index (χ0) is 37.4. The molecular formula is C36H30F3N11O3. The number of halogens is 3. The fourth-order valence-corrected chi connectivity index (χ4v) is 4.63. The maximum absolute atomic E-state index is 12.6. The molecule has 0 aliphatic carbocycles. The van der Waals surface area contributed by atoms with Crippen LogP contribution in [0.1, 0.15) is 5.56 Å². The number of urea groups is 1. The number of aromatic nitrogens is 8. The maximum Gasteiger partial charge on any atom is 0.416 e. The molecule has 0 spiro atoms. The van der Waals surface area contributed by atoms with Gasteiger partial charge in [-0.2, -0.15) is 23.4 Å². The molecule has 7 rings (SSSR count). The van der Waals surface area contributed by atoms with E-state index in [0.717, 1.165) is 29.0 Å². The third kappa shape index (κ3) is 9.91. The highest BCUT2D eigenvalue weighted by molar-refractivity contribution is 5.99. The lowest BCUT2D eigenvalue weighted by molar-refractivity contribution is -0.137. The lowest BCUT2D eigenvalue weighted by Crippen LogP contribution is -2.19. The Morgan fingerprint density at radius 1 is 0.660 bits per heavy atom. The molecule has 14 nitrogen and oxygen atoms in total. The first-order chi connectivity index (χ1) is 25.5. The summed E-state index contributed by atoms with van der Waals surface area (Å²) in [6, 6.07) is 20.7. The first-order valence-corrected chi connectivity index (χ1v) is 15.7. The fourth-order valence-electron chi connectivity index (χ4n) is 4.63. The van der Waals surface area contributed by atoms with Gasteiger partial charge in [0.2, 0.25) is 11.8 Å². The quantitative estimate of drug-likeness (QED) is 0.133. The van der Waals surface area contributed by atoms with E-state index in [-0.39, 0.29) is 5.69 Å². The average molecular weight is 722 g/mol. The minimum absolute atomic E-state index is 0.230. The van der Waals surface area contributed by atoms with Crippen molar-refractivity contribution in [3.05, 3.63) is 128 Å². The number of rotatable bonds is 8. The topological polar surface area (TPSA) is 173 Å². The number of nitrogens with two attached hydrogens (primary N) is 1. The molecule has 0 aliphatic rings. The van der Waals surface area contributed by atoms with Crippen LogP contribution in [-0.2, 0) is 20.3 Å². The van der Waals surface area contributed by atoms with E-state index < -0.39 is 17.8 Å². The molecule has 4 N–H and O–H groups in total. The van der Waals surface area contributed by atoms with Crippen molar-refractivity contribution in [3.63, 3.8) is 0 Å². The number of benzene rings is 3. The summed E-state index contributed by atoms with van der Waals surface area (Å²) in [6.07, 6.45) is 5.56. The number of carbonyl (C=O) groups is 1. The van der Waals surface area contributed by atoms with Gasteiger partial charge in [0.05, 0.1) is 29.3 Å². The molecule has 7 aromatic rings. The van der Waals surface area contributed by atoms with Crippen LogP contribution in [0.2, 0.25) is 0 Å². The lowest BCUT2D eigenvalue weighted by Gasteiger charge is -2.10. The average Bonchev–Trinajstić information content (AvgIpc) is 3.78. The maximum atomic E-state index is 12.6. The van der Waals surface area contributed by atoms with Crippen LogP contribution in [0.3, 0.4) is 0 Å². The van der Waals surface area contributed by atoms with Gasteiger partial charge in [-0.3, -0.25) is 9.36 Å². The van der Waals surface area contributed by atoms with Crippen LogP contribution in [0.4, 0.5) is 35.0 Å². The summed E-state index contributed by atoms with van der Waals surface area (Å²) < 4.78 is 52.6. The highest BCUT2D eigenvalue weighted by Gasteiger charge is 2.30. The molecule has 2 amide bonds. The number of ether oxygens (including phenoxy) is 2. The molecular weight excluding hydrogens is 691 g/mol. The second-order valence-corrected chi connectivity index (χ2v) is 11.2. The van der Waals surface area contributed by atoms with Gasteiger partial charge in [-0.15, -0.1) is 0 Å². The Hall–Kier alpha value is -7.30. The predicted octanol–water partition coefficient (Wildman–Crippen LogP) is 7.58. The summed E-state index contributed by atoms with van der Waals surface area (Å²) >= 11 is 0. The number of nitrogens with zero attached hydrogens (tertiary/aromatic N) is 8. The van der Waals surface area contributed by atoms with Crippen molar-refractivity contribution in [1.29, 1.82) is 0 Å². The van der Waals surface area contributed by atoms with Crippen LogP contribution < -0.4 is 25.8 Å². The first kappa shape index (κ1) is 35.5. The summed E-state index contributed by atoms with van der Waals surface area (Å²) in [7, 11) is 3.66. The first-order valence-electron chi connectivity index (χ1n) is 15.7. The van der Waals surface area contributed by atoms with Crippen LogP contribution in [0, 0.1) is 0 Å². The SMILES string of the molecule is Cn1cc(-c2cc(Oc3ccc(N)cc3)ncn2)cn1.Cn1cc(-c2cc(Oc3ccc(NC(=O)Nc4ccc(C(F)(F)F)cc4)cc3)ncn2)cn1. The zero-order valence-corrected chi connectivity index (χ0v) is 28.1. The summed E-state index contributed by atoms with van der Waals surface area (Å²) in [6.45, 7) is 0. The number of carbonyl (C=O) groups excluding carboxylic acids is 1. The normalized spacial score (nSPS) is 10.9. The summed E-state index contributed by atoms with van der Waals surface area (Å²) in [5.74, 6) is 1.97. The van der Waals surface area contributed by atoms with Gasteiger partial charge in [-0.05, 0) is 72.8 Å². The number of nitrogen functional groups attached to an aromatic ring is 1. The largest absolute Gasteiger partial charge is 0.439 e. The van der Waals surface area contributed by atoms with E-state index in [9.17, 15) is 18.0 Å². The van der Waals surface area contributed by atoms with Gasteiger partial charge < -0.3 is 25.8 Å². The summed E-state index contributed by atoms with van der Waals surface area (Å²) in [5.41, 5.74) is 9.38. The van der Waals surface area contributed by atoms with Crippen LogP contribution in [0.15, 0.2) is 122 Å². The van der Waals surface area contributed by atoms with Crippen molar-refractivity contribution in [1.82, 2.24) is 39.5 Å². The molecule has 0 unspecified atom stereocenters. The Morgan fingerprint density at radius 3 is 1.51 bits per heavy atom. The second-order valence-electron chi connectivity index (χ2n) is 11.2. The molecule has 268 valence electrons. The third-order valence-corrected chi connectivity index (χ3v) is 7.19. The Balaban J connectivity index is 0.000000204. The molecule has 0 saturated carbocycles. The number of amides is 2. The van der Waals surface area contributed by atoms with Crippen molar-refractivity contribution < 1.29 is 27.4 Å². The van der Waals surface area contributed by atoms with Crippen molar-refractivity contribution >= 4 is 23.1 Å². The third-order valence-electron chi connectivity index (χ3n) is 7.19. The Kier molecular flexibility index (Phi) is 10.5. The highest BCUT2D eigenvalue weighted by atomic mass is 19.4. The van der Waals surface area contributed by atoms with Crippen LogP contribution in [0.5, 0.6) is 23.3 Å². The van der Waals surface area contributed by atoms with Crippen molar-refractivity contribution in [2.75, 3.05) is 16.4 Å². The van der Waals surface area contributed by atoms with Gasteiger partial charge >= 0.3 is 12.2 Å². The summed E-state index contributed by atoms with van der Waals surface area (Å²) in [4.78, 5) is 28.7. The monoisotopic (exact) mass is 721 g/mol. The van der Waals surface area contributed by atoms with E-state index in [4.69, 9.17) is 15.2 Å².